The highest BCUT2D eigenvalue weighted by molar-refractivity contribution is 5.27. The molecular formula is C20H31NO. The van der Waals surface area contributed by atoms with E-state index >= 15 is 0 Å². The molecule has 1 heterocycles. The van der Waals surface area contributed by atoms with Crippen LogP contribution in [0.15, 0.2) is 24.3 Å². The zero-order valence-electron chi connectivity index (χ0n) is 14.0. The molecule has 122 valence electrons. The van der Waals surface area contributed by atoms with E-state index in [0.29, 0.717) is 0 Å². The Labute approximate surface area is 135 Å². The van der Waals surface area contributed by atoms with Crippen molar-refractivity contribution in [1.82, 2.24) is 4.90 Å². The lowest BCUT2D eigenvalue weighted by Gasteiger charge is -2.32. The van der Waals surface area contributed by atoms with Crippen molar-refractivity contribution in [3.63, 3.8) is 0 Å². The van der Waals surface area contributed by atoms with Crippen LogP contribution in [0.5, 0.6) is 0 Å². The van der Waals surface area contributed by atoms with Crippen molar-refractivity contribution in [1.29, 1.82) is 0 Å². The molecule has 1 N–H and O–H groups in total. The maximum atomic E-state index is 10.5. The SMILES string of the molecule is CC1CCCN(CC(O)c2ccc(C3CCCCC3)cc2)C1. The van der Waals surface area contributed by atoms with Gasteiger partial charge < -0.3 is 10.0 Å². The van der Waals surface area contributed by atoms with Crippen LogP contribution in [0.3, 0.4) is 0 Å². The topological polar surface area (TPSA) is 23.5 Å². The quantitative estimate of drug-likeness (QED) is 0.885. The molecule has 0 spiro atoms. The van der Waals surface area contributed by atoms with E-state index < -0.39 is 0 Å². The van der Waals surface area contributed by atoms with E-state index in [1.165, 1.54) is 50.5 Å². The van der Waals surface area contributed by atoms with Crippen molar-refractivity contribution in [3.8, 4) is 0 Å². The number of nitrogens with zero attached hydrogens (tertiary/aromatic N) is 1. The third-order valence-corrected chi connectivity index (χ3v) is 5.57. The summed E-state index contributed by atoms with van der Waals surface area (Å²) in [6, 6.07) is 8.82. The van der Waals surface area contributed by atoms with Crippen LogP contribution >= 0.6 is 0 Å². The number of hydrogen-bond donors (Lipinski definition) is 1. The van der Waals surface area contributed by atoms with Crippen molar-refractivity contribution < 1.29 is 5.11 Å². The smallest absolute Gasteiger partial charge is 0.0916 e. The molecule has 1 aromatic rings. The minimum Gasteiger partial charge on any atom is -0.387 e. The molecule has 22 heavy (non-hydrogen) atoms. The third-order valence-electron chi connectivity index (χ3n) is 5.57. The van der Waals surface area contributed by atoms with Gasteiger partial charge in [-0.25, -0.2) is 0 Å². The lowest BCUT2D eigenvalue weighted by Crippen LogP contribution is -2.37. The molecule has 1 aliphatic heterocycles. The Morgan fingerprint density at radius 1 is 1.05 bits per heavy atom. The predicted octanol–water partition coefficient (Wildman–Crippen LogP) is 4.50. The van der Waals surface area contributed by atoms with Gasteiger partial charge in [0.25, 0.3) is 0 Å². The molecule has 1 aromatic carbocycles. The van der Waals surface area contributed by atoms with Crippen molar-refractivity contribution in [3.05, 3.63) is 35.4 Å². The first-order chi connectivity index (χ1) is 10.7. The van der Waals surface area contributed by atoms with Gasteiger partial charge in [0.2, 0.25) is 0 Å². The van der Waals surface area contributed by atoms with Crippen LogP contribution in [0, 0.1) is 5.92 Å². The maximum absolute atomic E-state index is 10.5. The Morgan fingerprint density at radius 2 is 1.77 bits per heavy atom. The number of aliphatic hydroxyl groups excluding tert-OH is 1. The molecule has 1 aliphatic carbocycles. The molecule has 1 saturated carbocycles. The van der Waals surface area contributed by atoms with Crippen LogP contribution in [-0.2, 0) is 0 Å². The second-order valence-electron chi connectivity index (χ2n) is 7.52. The standard InChI is InChI=1S/C20H31NO/c1-16-6-5-13-21(14-16)15-20(22)19-11-9-18(10-12-19)17-7-3-2-4-8-17/h9-12,16-17,20,22H,2-8,13-15H2,1H3. The Hall–Kier alpha value is -0.860. The number of hydrogen-bond acceptors (Lipinski definition) is 2. The van der Waals surface area contributed by atoms with E-state index in [4.69, 9.17) is 0 Å². The van der Waals surface area contributed by atoms with Gasteiger partial charge in [0.05, 0.1) is 6.10 Å². The Kier molecular flexibility index (Phi) is 5.54. The van der Waals surface area contributed by atoms with Gasteiger partial charge in [-0.3, -0.25) is 0 Å². The van der Waals surface area contributed by atoms with Gasteiger partial charge in [-0.2, -0.15) is 0 Å². The number of β-amino-alcohol motifs (C(OH)–C–C–N with tert-alkyl or cyclic N) is 1. The zero-order chi connectivity index (χ0) is 15.4. The minimum atomic E-state index is -0.342. The molecule has 2 nitrogen and oxygen atoms in total. The summed E-state index contributed by atoms with van der Waals surface area (Å²) >= 11 is 0. The summed E-state index contributed by atoms with van der Waals surface area (Å²) in [5, 5.41) is 10.5. The lowest BCUT2D eigenvalue weighted by molar-refractivity contribution is 0.0876. The molecule has 2 aliphatic rings. The number of benzene rings is 1. The summed E-state index contributed by atoms with van der Waals surface area (Å²) in [7, 11) is 0. The van der Waals surface area contributed by atoms with Crippen molar-refractivity contribution in [2.24, 2.45) is 5.92 Å². The summed E-state index contributed by atoms with van der Waals surface area (Å²) in [5.74, 6) is 1.53. The minimum absolute atomic E-state index is 0.342. The Morgan fingerprint density at radius 3 is 2.45 bits per heavy atom. The van der Waals surface area contributed by atoms with E-state index in [1.54, 1.807) is 0 Å². The fourth-order valence-electron chi connectivity index (χ4n) is 4.23. The first kappa shape index (κ1) is 16.0. The van der Waals surface area contributed by atoms with Crippen molar-refractivity contribution in [2.45, 2.75) is 63.9 Å². The average Bonchev–Trinajstić information content (AvgIpc) is 2.56. The third kappa shape index (κ3) is 4.11. The fraction of sp³-hybridized carbons (Fsp3) is 0.700. The van der Waals surface area contributed by atoms with E-state index in [9.17, 15) is 5.11 Å². The zero-order valence-corrected chi connectivity index (χ0v) is 14.0. The summed E-state index contributed by atoms with van der Waals surface area (Å²) in [6.45, 7) is 5.38. The molecule has 0 radical (unpaired) electrons. The molecule has 3 rings (SSSR count). The second kappa shape index (κ2) is 7.61. The van der Waals surface area contributed by atoms with Gasteiger partial charge in [-0.1, -0.05) is 50.5 Å². The number of aliphatic hydroxyl groups is 1. The maximum Gasteiger partial charge on any atom is 0.0916 e. The van der Waals surface area contributed by atoms with Gasteiger partial charge in [-0.05, 0) is 55.2 Å². The summed E-state index contributed by atoms with van der Waals surface area (Å²) < 4.78 is 0. The van der Waals surface area contributed by atoms with Gasteiger partial charge in [0.15, 0.2) is 0 Å². The van der Waals surface area contributed by atoms with Gasteiger partial charge in [-0.15, -0.1) is 0 Å². The summed E-state index contributed by atoms with van der Waals surface area (Å²) in [4.78, 5) is 2.42. The molecule has 2 atom stereocenters. The predicted molar refractivity (Wildman–Crippen MR) is 92.1 cm³/mol. The Bertz CT molecular complexity index is 449. The van der Waals surface area contributed by atoms with E-state index in [1.807, 2.05) is 0 Å². The number of rotatable bonds is 4. The number of piperidine rings is 1. The molecule has 2 fully saturated rings. The lowest BCUT2D eigenvalue weighted by atomic mass is 9.84. The molecule has 0 amide bonds. The van der Waals surface area contributed by atoms with Crippen LogP contribution in [0.25, 0.3) is 0 Å². The highest BCUT2D eigenvalue weighted by Gasteiger charge is 2.20. The van der Waals surface area contributed by atoms with Crippen LogP contribution in [0.2, 0.25) is 0 Å². The normalized spacial score (nSPS) is 26.0. The van der Waals surface area contributed by atoms with Crippen LogP contribution in [-0.4, -0.2) is 29.6 Å². The second-order valence-corrected chi connectivity index (χ2v) is 7.52. The molecule has 2 heteroatoms. The Balaban J connectivity index is 1.57. The largest absolute Gasteiger partial charge is 0.387 e. The molecule has 2 unspecified atom stereocenters. The van der Waals surface area contributed by atoms with Crippen molar-refractivity contribution in [2.75, 3.05) is 19.6 Å². The monoisotopic (exact) mass is 301 g/mol. The highest BCUT2D eigenvalue weighted by Crippen LogP contribution is 2.33. The van der Waals surface area contributed by atoms with E-state index in [2.05, 4.69) is 36.1 Å². The van der Waals surface area contributed by atoms with Gasteiger partial charge in [0, 0.05) is 13.1 Å². The highest BCUT2D eigenvalue weighted by atomic mass is 16.3. The first-order valence-electron chi connectivity index (χ1n) is 9.22. The van der Waals surface area contributed by atoms with E-state index in [-0.39, 0.29) is 6.10 Å². The molecule has 0 aromatic heterocycles. The molecular weight excluding hydrogens is 270 g/mol. The van der Waals surface area contributed by atoms with Gasteiger partial charge in [0.1, 0.15) is 0 Å². The number of likely N-dealkylation sites (tertiary alicyclic amines) is 1. The van der Waals surface area contributed by atoms with E-state index in [0.717, 1.165) is 37.0 Å². The summed E-state index contributed by atoms with van der Waals surface area (Å²) in [6.07, 6.45) is 9.11. The van der Waals surface area contributed by atoms with Gasteiger partial charge >= 0.3 is 0 Å². The van der Waals surface area contributed by atoms with Crippen LogP contribution in [0.4, 0.5) is 0 Å². The van der Waals surface area contributed by atoms with Crippen molar-refractivity contribution >= 4 is 0 Å². The molecule has 0 bridgehead atoms. The van der Waals surface area contributed by atoms with Crippen LogP contribution < -0.4 is 0 Å². The van der Waals surface area contributed by atoms with Crippen LogP contribution in [0.1, 0.15) is 75.0 Å². The average molecular weight is 301 g/mol. The fourth-order valence-corrected chi connectivity index (χ4v) is 4.23. The first-order valence-corrected chi connectivity index (χ1v) is 9.22. The molecule has 1 saturated heterocycles. The summed E-state index contributed by atoms with van der Waals surface area (Å²) in [5.41, 5.74) is 2.56.